The number of carbonyl (C=O) groups is 1. The second kappa shape index (κ2) is 3.81. The Hall–Kier alpha value is -0.440. The molecule has 0 N–H and O–H groups in total. The van der Waals surface area contributed by atoms with Crippen LogP contribution in [0.2, 0.25) is 0 Å². The van der Waals surface area contributed by atoms with Gasteiger partial charge in [0.25, 0.3) is 0 Å². The quantitative estimate of drug-likeness (QED) is 0.590. The predicted octanol–water partition coefficient (Wildman–Crippen LogP) is 1.74. The average molecular weight is 171 g/mol. The van der Waals surface area contributed by atoms with E-state index < -0.39 is 0 Å². The zero-order chi connectivity index (χ0) is 8.27. The number of amides is 1. The van der Waals surface area contributed by atoms with Crippen molar-refractivity contribution < 1.29 is 4.79 Å². The molecule has 1 aliphatic heterocycles. The second-order valence-corrected chi connectivity index (χ2v) is 3.26. The van der Waals surface area contributed by atoms with E-state index in [9.17, 15) is 4.79 Å². The van der Waals surface area contributed by atoms with Crippen molar-refractivity contribution in [2.75, 3.05) is 6.54 Å². The molecule has 2 nitrogen and oxygen atoms in total. The Bertz CT molecular complexity index is 179. The molecule has 0 radical (unpaired) electrons. The lowest BCUT2D eigenvalue weighted by atomic mass is 10.3. The molecule has 1 rings (SSSR count). The molecule has 11 heavy (non-hydrogen) atoms. The normalized spacial score (nSPS) is 17.5. The van der Waals surface area contributed by atoms with Gasteiger partial charge < -0.3 is 4.90 Å². The fourth-order valence-electron chi connectivity index (χ4n) is 1.26. The molecule has 1 fully saturated rings. The van der Waals surface area contributed by atoms with Crippen molar-refractivity contribution >= 4 is 23.1 Å². The number of rotatable bonds is 2. The first-order valence-electron chi connectivity index (χ1n) is 4.09. The molecule has 0 unspecified atom stereocenters. The van der Waals surface area contributed by atoms with Gasteiger partial charge in [0, 0.05) is 19.4 Å². The summed E-state index contributed by atoms with van der Waals surface area (Å²) in [6, 6.07) is 0. The Morgan fingerprint density at radius 2 is 2.45 bits per heavy atom. The van der Waals surface area contributed by atoms with Gasteiger partial charge in [0.2, 0.25) is 5.91 Å². The molecule has 0 spiro atoms. The maximum Gasteiger partial charge on any atom is 0.227 e. The fourth-order valence-corrected chi connectivity index (χ4v) is 1.60. The summed E-state index contributed by atoms with van der Waals surface area (Å²) in [7, 11) is 0. The van der Waals surface area contributed by atoms with Crippen molar-refractivity contribution in [2.24, 2.45) is 0 Å². The lowest BCUT2D eigenvalue weighted by Crippen LogP contribution is -2.30. The van der Waals surface area contributed by atoms with Gasteiger partial charge in [0.1, 0.15) is 0 Å². The number of thiocarbonyl (C=S) groups is 1. The molecule has 1 aliphatic rings. The van der Waals surface area contributed by atoms with Crippen LogP contribution in [0.5, 0.6) is 0 Å². The number of carbonyl (C=O) groups excluding carboxylic acids is 1. The van der Waals surface area contributed by atoms with Gasteiger partial charge in [-0.2, -0.15) is 0 Å². The van der Waals surface area contributed by atoms with Crippen LogP contribution in [-0.2, 0) is 4.79 Å². The van der Waals surface area contributed by atoms with Gasteiger partial charge >= 0.3 is 0 Å². The summed E-state index contributed by atoms with van der Waals surface area (Å²) >= 11 is 5.04. The fraction of sp³-hybridized carbons (Fsp3) is 0.750. The van der Waals surface area contributed by atoms with E-state index in [1.807, 2.05) is 6.92 Å². The summed E-state index contributed by atoms with van der Waals surface area (Å²) < 4.78 is 0. The van der Waals surface area contributed by atoms with Crippen LogP contribution in [0.1, 0.15) is 32.6 Å². The van der Waals surface area contributed by atoms with Crippen LogP contribution in [-0.4, -0.2) is 22.3 Å². The minimum absolute atomic E-state index is 0.204. The monoisotopic (exact) mass is 171 g/mol. The standard InChI is InChI=1S/C8H13NOS/c1-2-4-7(10)9-6-3-5-8(9)11/h2-6H2,1H3. The van der Waals surface area contributed by atoms with Crippen molar-refractivity contribution in [2.45, 2.75) is 32.6 Å². The van der Waals surface area contributed by atoms with Gasteiger partial charge in [-0.25, -0.2) is 0 Å². The van der Waals surface area contributed by atoms with Crippen LogP contribution in [0.25, 0.3) is 0 Å². The van der Waals surface area contributed by atoms with Gasteiger partial charge in [-0.3, -0.25) is 4.79 Å². The molecule has 1 saturated heterocycles. The van der Waals surface area contributed by atoms with Gasteiger partial charge in [-0.05, 0) is 12.8 Å². The number of hydrogen-bond donors (Lipinski definition) is 0. The molecular weight excluding hydrogens is 158 g/mol. The topological polar surface area (TPSA) is 20.3 Å². The highest BCUT2D eigenvalue weighted by Gasteiger charge is 2.21. The van der Waals surface area contributed by atoms with Crippen molar-refractivity contribution in [1.82, 2.24) is 4.90 Å². The SMILES string of the molecule is CCCC(=O)N1CCCC1=S. The first-order valence-corrected chi connectivity index (χ1v) is 4.49. The van der Waals surface area contributed by atoms with E-state index in [1.54, 1.807) is 4.90 Å². The molecule has 0 atom stereocenters. The third-order valence-electron chi connectivity index (χ3n) is 1.84. The van der Waals surface area contributed by atoms with Crippen LogP contribution in [0.3, 0.4) is 0 Å². The number of nitrogens with zero attached hydrogens (tertiary/aromatic N) is 1. The second-order valence-electron chi connectivity index (χ2n) is 2.79. The highest BCUT2D eigenvalue weighted by atomic mass is 32.1. The Morgan fingerprint density at radius 1 is 1.73 bits per heavy atom. The summed E-state index contributed by atoms with van der Waals surface area (Å²) in [5, 5.41) is 0. The third-order valence-corrected chi connectivity index (χ3v) is 2.26. The number of hydrogen-bond acceptors (Lipinski definition) is 2. The molecular formula is C8H13NOS. The summed E-state index contributed by atoms with van der Waals surface area (Å²) in [4.78, 5) is 13.9. The first kappa shape index (κ1) is 8.65. The van der Waals surface area contributed by atoms with E-state index in [0.29, 0.717) is 6.42 Å². The van der Waals surface area contributed by atoms with E-state index >= 15 is 0 Å². The zero-order valence-corrected chi connectivity index (χ0v) is 7.62. The maximum atomic E-state index is 11.3. The van der Waals surface area contributed by atoms with Crippen LogP contribution in [0.4, 0.5) is 0 Å². The summed E-state index contributed by atoms with van der Waals surface area (Å²) in [6.07, 6.45) is 3.52. The first-order chi connectivity index (χ1) is 5.25. The summed E-state index contributed by atoms with van der Waals surface area (Å²) in [5.41, 5.74) is 0. The van der Waals surface area contributed by atoms with E-state index in [4.69, 9.17) is 12.2 Å². The summed E-state index contributed by atoms with van der Waals surface area (Å²) in [5.74, 6) is 0.204. The van der Waals surface area contributed by atoms with Gasteiger partial charge in [-0.1, -0.05) is 19.1 Å². The lowest BCUT2D eigenvalue weighted by molar-refractivity contribution is -0.126. The highest BCUT2D eigenvalue weighted by Crippen LogP contribution is 2.13. The molecule has 0 bridgehead atoms. The van der Waals surface area contributed by atoms with E-state index in [2.05, 4.69) is 0 Å². The highest BCUT2D eigenvalue weighted by molar-refractivity contribution is 7.80. The molecule has 0 aliphatic carbocycles. The van der Waals surface area contributed by atoms with E-state index in [1.165, 1.54) is 0 Å². The molecule has 1 amide bonds. The van der Waals surface area contributed by atoms with E-state index in [-0.39, 0.29) is 5.91 Å². The molecule has 62 valence electrons. The van der Waals surface area contributed by atoms with Gasteiger partial charge in [0.15, 0.2) is 0 Å². The maximum absolute atomic E-state index is 11.3. The molecule has 1 heterocycles. The Labute approximate surface area is 72.6 Å². The molecule has 3 heteroatoms. The Morgan fingerprint density at radius 3 is 2.91 bits per heavy atom. The van der Waals surface area contributed by atoms with Crippen LogP contribution >= 0.6 is 12.2 Å². The Balaban J connectivity index is 2.46. The van der Waals surface area contributed by atoms with Crippen molar-refractivity contribution in [3.63, 3.8) is 0 Å². The zero-order valence-electron chi connectivity index (χ0n) is 6.80. The third kappa shape index (κ3) is 1.99. The average Bonchev–Trinajstić information content (AvgIpc) is 2.36. The Kier molecular flexibility index (Phi) is 3.00. The van der Waals surface area contributed by atoms with Gasteiger partial charge in [-0.15, -0.1) is 0 Å². The molecule has 0 aromatic heterocycles. The molecule has 0 aromatic carbocycles. The minimum Gasteiger partial charge on any atom is -0.307 e. The predicted molar refractivity (Wildman–Crippen MR) is 48.5 cm³/mol. The molecule has 0 aromatic rings. The number of likely N-dealkylation sites (tertiary alicyclic amines) is 1. The van der Waals surface area contributed by atoms with Crippen molar-refractivity contribution in [3.8, 4) is 0 Å². The lowest BCUT2D eigenvalue weighted by Gasteiger charge is -2.14. The minimum atomic E-state index is 0.204. The summed E-state index contributed by atoms with van der Waals surface area (Å²) in [6.45, 7) is 2.86. The van der Waals surface area contributed by atoms with Crippen LogP contribution in [0.15, 0.2) is 0 Å². The van der Waals surface area contributed by atoms with Crippen molar-refractivity contribution in [3.05, 3.63) is 0 Å². The van der Waals surface area contributed by atoms with E-state index in [0.717, 1.165) is 30.8 Å². The van der Waals surface area contributed by atoms with Crippen LogP contribution in [0, 0.1) is 0 Å². The van der Waals surface area contributed by atoms with Crippen molar-refractivity contribution in [1.29, 1.82) is 0 Å². The molecule has 0 saturated carbocycles. The largest absolute Gasteiger partial charge is 0.307 e. The van der Waals surface area contributed by atoms with Gasteiger partial charge in [0.05, 0.1) is 4.99 Å². The van der Waals surface area contributed by atoms with Crippen LogP contribution < -0.4 is 0 Å². The smallest absolute Gasteiger partial charge is 0.227 e.